The molecular weight excluding hydrogens is 302 g/mol. The van der Waals surface area contributed by atoms with Crippen molar-refractivity contribution < 1.29 is 0 Å². The van der Waals surface area contributed by atoms with E-state index >= 15 is 0 Å². The molecule has 0 unspecified atom stereocenters. The first-order valence-electron chi connectivity index (χ1n) is 5.96. The van der Waals surface area contributed by atoms with Gasteiger partial charge in [-0.3, -0.25) is 10.1 Å². The Morgan fingerprint density at radius 2 is 1.84 bits per heavy atom. The molecule has 1 N–H and O–H groups in total. The minimum Gasteiger partial charge on any atom is -0.285 e. The van der Waals surface area contributed by atoms with Crippen LogP contribution in [0.5, 0.6) is 0 Å². The summed E-state index contributed by atoms with van der Waals surface area (Å²) in [6.07, 6.45) is 5.53. The molecule has 94 valence electrons. The van der Waals surface area contributed by atoms with Crippen molar-refractivity contribution in [3.05, 3.63) is 59.0 Å². The van der Waals surface area contributed by atoms with Crippen molar-refractivity contribution in [2.45, 2.75) is 6.92 Å². The van der Waals surface area contributed by atoms with Gasteiger partial charge in [-0.05, 0) is 36.2 Å². The van der Waals surface area contributed by atoms with E-state index in [4.69, 9.17) is 0 Å². The summed E-state index contributed by atoms with van der Waals surface area (Å²) in [5.74, 6) is 0. The highest BCUT2D eigenvalue weighted by molar-refractivity contribution is 9.10. The van der Waals surface area contributed by atoms with Gasteiger partial charge >= 0.3 is 0 Å². The molecule has 3 rings (SSSR count). The quantitative estimate of drug-likeness (QED) is 0.770. The summed E-state index contributed by atoms with van der Waals surface area (Å²) in [5.41, 5.74) is 5.36. The smallest absolute Gasteiger partial charge is 0.0811 e. The highest BCUT2D eigenvalue weighted by Crippen LogP contribution is 2.31. The van der Waals surface area contributed by atoms with Gasteiger partial charge in [-0.2, -0.15) is 5.10 Å². The maximum atomic E-state index is 4.55. The highest BCUT2D eigenvalue weighted by atomic mass is 79.9. The zero-order valence-electron chi connectivity index (χ0n) is 10.4. The van der Waals surface area contributed by atoms with Gasteiger partial charge < -0.3 is 0 Å². The average molecular weight is 314 g/mol. The van der Waals surface area contributed by atoms with Gasteiger partial charge in [-0.25, -0.2) is 0 Å². The van der Waals surface area contributed by atoms with Crippen molar-refractivity contribution in [2.75, 3.05) is 0 Å². The zero-order chi connectivity index (χ0) is 13.2. The van der Waals surface area contributed by atoms with Gasteiger partial charge in [-0.1, -0.05) is 28.1 Å². The van der Waals surface area contributed by atoms with Gasteiger partial charge in [0.15, 0.2) is 0 Å². The first-order chi connectivity index (χ1) is 9.24. The number of halogens is 1. The molecule has 0 aliphatic carbocycles. The molecule has 0 amide bonds. The number of H-pyrrole nitrogens is 1. The molecule has 3 aromatic rings. The fourth-order valence-corrected chi connectivity index (χ4v) is 2.29. The predicted molar refractivity (Wildman–Crippen MR) is 79.7 cm³/mol. The summed E-state index contributed by atoms with van der Waals surface area (Å²) in [6, 6.07) is 10.4. The lowest BCUT2D eigenvalue weighted by atomic mass is 10.00. The van der Waals surface area contributed by atoms with Crippen LogP contribution in [-0.2, 0) is 0 Å². The molecule has 0 spiro atoms. The van der Waals surface area contributed by atoms with Crippen LogP contribution in [0.1, 0.15) is 5.56 Å². The Balaban J connectivity index is 2.19. The molecule has 0 saturated carbocycles. The van der Waals surface area contributed by atoms with Gasteiger partial charge in [0.05, 0.1) is 11.9 Å². The number of aromatic amines is 1. The first kappa shape index (κ1) is 12.1. The molecule has 0 aliphatic rings. The van der Waals surface area contributed by atoms with Gasteiger partial charge in [0, 0.05) is 28.0 Å². The molecule has 2 aromatic heterocycles. The zero-order valence-corrected chi connectivity index (χ0v) is 12.0. The molecule has 0 fully saturated rings. The Bertz CT molecular complexity index is 688. The number of nitrogens with zero attached hydrogens (tertiary/aromatic N) is 2. The van der Waals surface area contributed by atoms with Crippen LogP contribution in [0.25, 0.3) is 22.4 Å². The molecule has 0 aliphatic heterocycles. The average Bonchev–Trinajstić information content (AvgIpc) is 2.93. The first-order valence-corrected chi connectivity index (χ1v) is 6.75. The van der Waals surface area contributed by atoms with Gasteiger partial charge in [0.2, 0.25) is 0 Å². The largest absolute Gasteiger partial charge is 0.285 e. The third kappa shape index (κ3) is 2.44. The maximum absolute atomic E-state index is 4.55. The fourth-order valence-electron chi connectivity index (χ4n) is 2.03. The summed E-state index contributed by atoms with van der Waals surface area (Å²) in [7, 11) is 0. The third-order valence-corrected chi connectivity index (χ3v) is 3.48. The molecule has 0 radical (unpaired) electrons. The SMILES string of the molecule is Cc1cnc(-c2cn[nH]c2)c(-c2ccc(Br)cc2)c1. The molecule has 3 nitrogen and oxygen atoms in total. The summed E-state index contributed by atoms with van der Waals surface area (Å²) in [5, 5.41) is 6.83. The van der Waals surface area contributed by atoms with Crippen LogP contribution >= 0.6 is 15.9 Å². The number of aryl methyl sites for hydroxylation is 1. The van der Waals surface area contributed by atoms with Crippen LogP contribution < -0.4 is 0 Å². The van der Waals surface area contributed by atoms with E-state index in [2.05, 4.69) is 56.2 Å². The van der Waals surface area contributed by atoms with Crippen LogP contribution in [0.2, 0.25) is 0 Å². The van der Waals surface area contributed by atoms with Crippen LogP contribution in [0.3, 0.4) is 0 Å². The fraction of sp³-hybridized carbons (Fsp3) is 0.0667. The number of hydrogen-bond donors (Lipinski definition) is 1. The highest BCUT2D eigenvalue weighted by Gasteiger charge is 2.10. The van der Waals surface area contributed by atoms with Crippen molar-refractivity contribution in [1.29, 1.82) is 0 Å². The van der Waals surface area contributed by atoms with Gasteiger partial charge in [0.25, 0.3) is 0 Å². The Kier molecular flexibility index (Phi) is 3.17. The molecule has 4 heteroatoms. The molecule has 0 bridgehead atoms. The number of aromatic nitrogens is 3. The third-order valence-electron chi connectivity index (χ3n) is 2.95. The van der Waals surface area contributed by atoms with E-state index in [0.717, 1.165) is 32.4 Å². The van der Waals surface area contributed by atoms with E-state index in [0.29, 0.717) is 0 Å². The Morgan fingerprint density at radius 3 is 2.53 bits per heavy atom. The Hall–Kier alpha value is -1.94. The summed E-state index contributed by atoms with van der Waals surface area (Å²) >= 11 is 3.46. The monoisotopic (exact) mass is 313 g/mol. The number of benzene rings is 1. The lowest BCUT2D eigenvalue weighted by molar-refractivity contribution is 1.09. The van der Waals surface area contributed by atoms with Crippen molar-refractivity contribution in [3.63, 3.8) is 0 Å². The van der Waals surface area contributed by atoms with Crippen molar-refractivity contribution in [3.8, 4) is 22.4 Å². The van der Waals surface area contributed by atoms with Crippen molar-refractivity contribution >= 4 is 15.9 Å². The maximum Gasteiger partial charge on any atom is 0.0811 e. The second-order valence-corrected chi connectivity index (χ2v) is 5.32. The summed E-state index contributed by atoms with van der Waals surface area (Å²) in [4.78, 5) is 4.55. The van der Waals surface area contributed by atoms with E-state index < -0.39 is 0 Å². The van der Waals surface area contributed by atoms with E-state index in [1.165, 1.54) is 0 Å². The van der Waals surface area contributed by atoms with Crippen molar-refractivity contribution in [1.82, 2.24) is 15.2 Å². The Morgan fingerprint density at radius 1 is 1.05 bits per heavy atom. The molecule has 2 heterocycles. The van der Waals surface area contributed by atoms with E-state index in [9.17, 15) is 0 Å². The topological polar surface area (TPSA) is 41.6 Å². The normalized spacial score (nSPS) is 10.6. The minimum absolute atomic E-state index is 0.946. The van der Waals surface area contributed by atoms with Crippen LogP contribution in [-0.4, -0.2) is 15.2 Å². The molecular formula is C15H12BrN3. The van der Waals surface area contributed by atoms with Crippen LogP contribution in [0.4, 0.5) is 0 Å². The summed E-state index contributed by atoms with van der Waals surface area (Å²) in [6.45, 7) is 2.05. The van der Waals surface area contributed by atoms with Crippen LogP contribution in [0, 0.1) is 6.92 Å². The molecule has 0 atom stereocenters. The van der Waals surface area contributed by atoms with Crippen LogP contribution in [0.15, 0.2) is 53.4 Å². The van der Waals surface area contributed by atoms with Crippen molar-refractivity contribution in [2.24, 2.45) is 0 Å². The number of pyridine rings is 1. The van der Waals surface area contributed by atoms with E-state index in [-0.39, 0.29) is 0 Å². The van der Waals surface area contributed by atoms with Gasteiger partial charge in [-0.15, -0.1) is 0 Å². The Labute approximate surface area is 119 Å². The number of nitrogens with one attached hydrogen (secondary N) is 1. The molecule has 1 aromatic carbocycles. The second-order valence-electron chi connectivity index (χ2n) is 4.40. The summed E-state index contributed by atoms with van der Waals surface area (Å²) < 4.78 is 1.07. The van der Waals surface area contributed by atoms with Gasteiger partial charge in [0.1, 0.15) is 0 Å². The number of rotatable bonds is 2. The molecule has 19 heavy (non-hydrogen) atoms. The second kappa shape index (κ2) is 4.97. The molecule has 0 saturated heterocycles. The lowest BCUT2D eigenvalue weighted by Gasteiger charge is -2.08. The lowest BCUT2D eigenvalue weighted by Crippen LogP contribution is -1.89. The van der Waals surface area contributed by atoms with E-state index in [1.54, 1.807) is 6.20 Å². The minimum atomic E-state index is 0.946. The standard InChI is InChI=1S/C15H12BrN3/c1-10-6-14(11-2-4-13(16)5-3-11)15(17-7-10)12-8-18-19-9-12/h2-9H,1H3,(H,18,19). The predicted octanol–water partition coefficient (Wildman–Crippen LogP) is 4.21. The van der Waals surface area contributed by atoms with E-state index in [1.807, 2.05) is 24.5 Å². The number of hydrogen-bond acceptors (Lipinski definition) is 2.